The zero-order chi connectivity index (χ0) is 10.3. The Morgan fingerprint density at radius 3 is 2.77 bits per heavy atom. The SMILES string of the molecule is C=CCC(C)=CC[C@H](O)C(=O)OC. The zero-order valence-corrected chi connectivity index (χ0v) is 8.12. The molecule has 0 radical (unpaired) electrons. The molecule has 0 amide bonds. The number of ether oxygens (including phenoxy) is 1. The third-order valence-corrected chi connectivity index (χ3v) is 1.63. The topological polar surface area (TPSA) is 46.5 Å². The molecule has 0 saturated carbocycles. The first-order valence-corrected chi connectivity index (χ1v) is 4.14. The molecule has 3 nitrogen and oxygen atoms in total. The smallest absolute Gasteiger partial charge is 0.335 e. The average Bonchev–Trinajstić information content (AvgIpc) is 2.13. The van der Waals surface area contributed by atoms with Crippen LogP contribution in [0.1, 0.15) is 19.8 Å². The first-order valence-electron chi connectivity index (χ1n) is 4.14. The maximum absolute atomic E-state index is 10.8. The van der Waals surface area contributed by atoms with Crippen molar-refractivity contribution in [2.45, 2.75) is 25.9 Å². The summed E-state index contributed by atoms with van der Waals surface area (Å²) in [5, 5.41) is 9.19. The lowest BCUT2D eigenvalue weighted by Gasteiger charge is -2.05. The van der Waals surface area contributed by atoms with E-state index >= 15 is 0 Å². The molecule has 0 aliphatic rings. The van der Waals surface area contributed by atoms with Gasteiger partial charge in [0.05, 0.1) is 7.11 Å². The highest BCUT2D eigenvalue weighted by molar-refractivity contribution is 5.74. The summed E-state index contributed by atoms with van der Waals surface area (Å²) in [5.74, 6) is -0.595. The van der Waals surface area contributed by atoms with E-state index in [1.165, 1.54) is 7.11 Å². The van der Waals surface area contributed by atoms with Crippen molar-refractivity contribution in [2.24, 2.45) is 0 Å². The van der Waals surface area contributed by atoms with Crippen molar-refractivity contribution in [3.05, 3.63) is 24.3 Å². The van der Waals surface area contributed by atoms with Gasteiger partial charge in [-0.2, -0.15) is 0 Å². The van der Waals surface area contributed by atoms with E-state index in [-0.39, 0.29) is 0 Å². The molecule has 0 aromatic rings. The van der Waals surface area contributed by atoms with E-state index in [4.69, 9.17) is 0 Å². The van der Waals surface area contributed by atoms with Crippen LogP contribution in [0.3, 0.4) is 0 Å². The lowest BCUT2D eigenvalue weighted by Crippen LogP contribution is -2.20. The molecular formula is C10H16O3. The van der Waals surface area contributed by atoms with Gasteiger partial charge in [0.25, 0.3) is 0 Å². The van der Waals surface area contributed by atoms with E-state index in [0.29, 0.717) is 6.42 Å². The second-order valence-electron chi connectivity index (χ2n) is 2.82. The summed E-state index contributed by atoms with van der Waals surface area (Å²) in [4.78, 5) is 10.8. The highest BCUT2D eigenvalue weighted by atomic mass is 16.5. The number of esters is 1. The molecule has 0 fully saturated rings. The Morgan fingerprint density at radius 2 is 2.31 bits per heavy atom. The summed E-state index contributed by atoms with van der Waals surface area (Å²) in [7, 11) is 1.26. The fraction of sp³-hybridized carbons (Fsp3) is 0.500. The molecule has 1 N–H and O–H groups in total. The number of aliphatic hydroxyl groups excluding tert-OH is 1. The molecule has 13 heavy (non-hydrogen) atoms. The largest absolute Gasteiger partial charge is 0.467 e. The summed E-state index contributed by atoms with van der Waals surface area (Å²) in [6, 6.07) is 0. The van der Waals surface area contributed by atoms with Gasteiger partial charge >= 0.3 is 5.97 Å². The predicted molar refractivity (Wildman–Crippen MR) is 51.2 cm³/mol. The van der Waals surface area contributed by atoms with E-state index in [2.05, 4.69) is 11.3 Å². The van der Waals surface area contributed by atoms with Gasteiger partial charge in [0.2, 0.25) is 0 Å². The molecule has 0 heterocycles. The highest BCUT2D eigenvalue weighted by Gasteiger charge is 2.12. The Balaban J connectivity index is 3.92. The van der Waals surface area contributed by atoms with E-state index in [9.17, 15) is 9.90 Å². The monoisotopic (exact) mass is 184 g/mol. The third kappa shape index (κ3) is 5.20. The fourth-order valence-electron chi connectivity index (χ4n) is 0.856. The molecule has 0 aromatic carbocycles. The number of carbonyl (C=O) groups excluding carboxylic acids is 1. The van der Waals surface area contributed by atoms with Crippen molar-refractivity contribution in [3.8, 4) is 0 Å². The Bertz CT molecular complexity index is 206. The van der Waals surface area contributed by atoms with Crippen LogP contribution in [0.2, 0.25) is 0 Å². The number of hydrogen-bond acceptors (Lipinski definition) is 3. The Morgan fingerprint density at radius 1 is 1.69 bits per heavy atom. The summed E-state index contributed by atoms with van der Waals surface area (Å²) >= 11 is 0. The van der Waals surface area contributed by atoms with Crippen LogP contribution in [0, 0.1) is 0 Å². The minimum Gasteiger partial charge on any atom is -0.467 e. The minimum absolute atomic E-state index is 0.298. The lowest BCUT2D eigenvalue weighted by molar-refractivity contribution is -0.150. The van der Waals surface area contributed by atoms with Gasteiger partial charge in [-0.1, -0.05) is 17.7 Å². The average molecular weight is 184 g/mol. The number of carbonyl (C=O) groups is 1. The van der Waals surface area contributed by atoms with Crippen molar-refractivity contribution in [1.82, 2.24) is 0 Å². The second kappa shape index (κ2) is 6.43. The first-order chi connectivity index (χ1) is 6.11. The quantitative estimate of drug-likeness (QED) is 0.519. The van der Waals surface area contributed by atoms with Crippen LogP contribution < -0.4 is 0 Å². The van der Waals surface area contributed by atoms with Crippen LogP contribution in [0.4, 0.5) is 0 Å². The van der Waals surface area contributed by atoms with E-state index in [1.807, 2.05) is 13.0 Å². The first kappa shape index (κ1) is 11.9. The number of methoxy groups -OCH3 is 1. The van der Waals surface area contributed by atoms with Gasteiger partial charge in [-0.15, -0.1) is 6.58 Å². The molecule has 0 aliphatic carbocycles. The number of rotatable bonds is 5. The van der Waals surface area contributed by atoms with Crippen molar-refractivity contribution >= 4 is 5.97 Å². The van der Waals surface area contributed by atoms with Gasteiger partial charge < -0.3 is 9.84 Å². The lowest BCUT2D eigenvalue weighted by atomic mass is 10.1. The van der Waals surface area contributed by atoms with Crippen LogP contribution in [0.5, 0.6) is 0 Å². The zero-order valence-electron chi connectivity index (χ0n) is 8.12. The van der Waals surface area contributed by atoms with Gasteiger partial charge in [0.1, 0.15) is 0 Å². The van der Waals surface area contributed by atoms with Gasteiger partial charge in [-0.25, -0.2) is 4.79 Å². The predicted octanol–water partition coefficient (Wildman–Crippen LogP) is 1.43. The van der Waals surface area contributed by atoms with E-state index in [1.54, 1.807) is 6.08 Å². The maximum Gasteiger partial charge on any atom is 0.335 e. The van der Waals surface area contributed by atoms with Crippen LogP contribution in [-0.2, 0) is 9.53 Å². The molecular weight excluding hydrogens is 168 g/mol. The summed E-state index contributed by atoms with van der Waals surface area (Å²) in [6.07, 6.45) is 3.60. The molecule has 0 unspecified atom stereocenters. The maximum atomic E-state index is 10.8. The molecule has 0 aliphatic heterocycles. The molecule has 0 rings (SSSR count). The number of hydrogen-bond donors (Lipinski definition) is 1. The Labute approximate surface area is 78.7 Å². The van der Waals surface area contributed by atoms with E-state index < -0.39 is 12.1 Å². The van der Waals surface area contributed by atoms with Crippen molar-refractivity contribution in [2.75, 3.05) is 7.11 Å². The normalized spacial score (nSPS) is 13.6. The fourth-order valence-corrected chi connectivity index (χ4v) is 0.856. The van der Waals surface area contributed by atoms with Gasteiger partial charge in [0.15, 0.2) is 6.10 Å². The molecule has 0 bridgehead atoms. The molecule has 3 heteroatoms. The van der Waals surface area contributed by atoms with Crippen LogP contribution >= 0.6 is 0 Å². The molecule has 0 aromatic heterocycles. The van der Waals surface area contributed by atoms with Crippen molar-refractivity contribution in [1.29, 1.82) is 0 Å². The summed E-state index contributed by atoms with van der Waals surface area (Å²) in [6.45, 7) is 5.51. The van der Waals surface area contributed by atoms with E-state index in [0.717, 1.165) is 12.0 Å². The molecule has 1 atom stereocenters. The van der Waals surface area contributed by atoms with Gasteiger partial charge in [0, 0.05) is 6.42 Å². The number of allylic oxidation sites excluding steroid dienone is 2. The standard InChI is InChI=1S/C10H16O3/c1-4-5-8(2)6-7-9(11)10(12)13-3/h4,6,9,11H,1,5,7H2,2-3H3/t9-/m0/s1. The third-order valence-electron chi connectivity index (χ3n) is 1.63. The highest BCUT2D eigenvalue weighted by Crippen LogP contribution is 2.04. The molecule has 74 valence electrons. The Hall–Kier alpha value is -1.09. The Kier molecular flexibility index (Phi) is 5.89. The molecule has 0 spiro atoms. The number of aliphatic hydroxyl groups is 1. The van der Waals surface area contributed by atoms with Crippen molar-refractivity contribution in [3.63, 3.8) is 0 Å². The summed E-state index contributed by atoms with van der Waals surface area (Å²) < 4.78 is 4.37. The van der Waals surface area contributed by atoms with Crippen LogP contribution in [0.25, 0.3) is 0 Å². The van der Waals surface area contributed by atoms with Crippen LogP contribution in [0.15, 0.2) is 24.3 Å². The minimum atomic E-state index is -1.05. The van der Waals surface area contributed by atoms with Gasteiger partial charge in [-0.3, -0.25) is 0 Å². The summed E-state index contributed by atoms with van der Waals surface area (Å²) in [5.41, 5.74) is 1.08. The molecule has 0 saturated heterocycles. The van der Waals surface area contributed by atoms with Gasteiger partial charge in [-0.05, 0) is 13.3 Å². The van der Waals surface area contributed by atoms with Crippen molar-refractivity contribution < 1.29 is 14.6 Å². The second-order valence-corrected chi connectivity index (χ2v) is 2.82. The van der Waals surface area contributed by atoms with Crippen LogP contribution in [-0.4, -0.2) is 24.3 Å².